The van der Waals surface area contributed by atoms with Crippen LogP contribution in [0.25, 0.3) is 0 Å². The Hall–Kier alpha value is -5.83. The lowest BCUT2D eigenvalue weighted by atomic mass is 10.2. The number of benzene rings is 2. The van der Waals surface area contributed by atoms with Crippen molar-refractivity contribution in [1.82, 2.24) is 15.5 Å². The summed E-state index contributed by atoms with van der Waals surface area (Å²) >= 11 is 0. The molecule has 0 atom stereocenters. The van der Waals surface area contributed by atoms with Gasteiger partial charge in [0.15, 0.2) is 0 Å². The predicted molar refractivity (Wildman–Crippen MR) is 209 cm³/mol. The number of carbonyl (C=O) groups is 6. The first-order valence-electron chi connectivity index (χ1n) is 18.5. The first-order chi connectivity index (χ1) is 27.8. The summed E-state index contributed by atoms with van der Waals surface area (Å²) in [7, 11) is 0. The zero-order chi connectivity index (χ0) is 43.8. The van der Waals surface area contributed by atoms with Gasteiger partial charge in [-0.05, 0) is 83.5 Å². The third-order valence-electron chi connectivity index (χ3n) is 6.74. The Morgan fingerprint density at radius 3 is 1.61 bits per heavy atom. The highest BCUT2D eigenvalue weighted by Gasteiger charge is 2.22. The van der Waals surface area contributed by atoms with Gasteiger partial charge in [-0.3, -0.25) is 25.1 Å². The fraction of sp³-hybridized carbons (Fsp3) is 0.513. The van der Waals surface area contributed by atoms with Crippen LogP contribution < -0.4 is 15.4 Å². The third kappa shape index (κ3) is 23.9. The van der Waals surface area contributed by atoms with Gasteiger partial charge in [0.1, 0.15) is 30.1 Å². The Bertz CT molecular complexity index is 1650. The quantitative estimate of drug-likeness (QED) is 0.0318. The molecule has 2 aromatic rings. The number of hydrogen-bond donors (Lipinski definition) is 4. The van der Waals surface area contributed by atoms with E-state index in [9.17, 15) is 33.9 Å². The van der Waals surface area contributed by atoms with Gasteiger partial charge in [0.25, 0.3) is 0 Å². The van der Waals surface area contributed by atoms with E-state index >= 15 is 0 Å². The number of guanidine groups is 1. The van der Waals surface area contributed by atoms with Crippen molar-refractivity contribution < 1.29 is 76.9 Å². The van der Waals surface area contributed by atoms with E-state index < -0.39 is 53.9 Å². The molecule has 326 valence electrons. The van der Waals surface area contributed by atoms with Gasteiger partial charge in [0.05, 0.1) is 70.5 Å². The predicted octanol–water partition coefficient (Wildman–Crippen LogP) is 4.51. The summed E-state index contributed by atoms with van der Waals surface area (Å²) in [6, 6.07) is 11.9. The van der Waals surface area contributed by atoms with Crippen LogP contribution in [0.1, 0.15) is 63.9 Å². The second-order valence-electron chi connectivity index (χ2n) is 14.3. The summed E-state index contributed by atoms with van der Waals surface area (Å²) in [5.41, 5.74) is -0.672. The maximum atomic E-state index is 12.9. The average molecular weight is 835 g/mol. The van der Waals surface area contributed by atoms with Crippen molar-refractivity contribution in [2.24, 2.45) is 4.99 Å². The van der Waals surface area contributed by atoms with Crippen LogP contribution in [0.5, 0.6) is 5.75 Å². The van der Waals surface area contributed by atoms with Crippen LogP contribution in [0, 0.1) is 0 Å². The maximum Gasteiger partial charge on any atom is 0.414 e. The Labute approximate surface area is 342 Å². The smallest absolute Gasteiger partial charge is 0.414 e. The molecule has 3 amide bonds. The number of carbonyl (C=O) groups excluding carboxylic acids is 4. The standard InChI is InChI=1S/C39H54N4O16/c1-38(2,3)58-35(49)41-34(42-36(50)59-39(4,5)6)40-29-11-9-28(10-12-29)33(48)57-30-13-7-27(8-14-30)26-56-37(51)43(25-32(46)47)16-18-53-20-22-55-24-23-54-21-19-52-17-15-31(44)45/h7-14H,15-26H2,1-6H3,(H,44,45)(H,46,47)(H2,40,41,42,49,50). The van der Waals surface area contributed by atoms with Crippen LogP contribution in [0.2, 0.25) is 0 Å². The van der Waals surface area contributed by atoms with Crippen LogP contribution in [0.3, 0.4) is 0 Å². The first-order valence-corrected chi connectivity index (χ1v) is 18.5. The summed E-state index contributed by atoms with van der Waals surface area (Å²) < 4.78 is 42.5. The largest absolute Gasteiger partial charge is 0.481 e. The van der Waals surface area contributed by atoms with E-state index in [1.54, 1.807) is 53.7 Å². The Morgan fingerprint density at radius 1 is 0.644 bits per heavy atom. The molecule has 0 aliphatic heterocycles. The number of hydrogen-bond acceptors (Lipinski definition) is 15. The molecule has 0 bridgehead atoms. The van der Waals surface area contributed by atoms with E-state index in [1.807, 2.05) is 0 Å². The number of amides is 3. The zero-order valence-electron chi connectivity index (χ0n) is 34.1. The normalized spacial score (nSPS) is 11.2. The molecule has 0 saturated heterocycles. The number of alkyl carbamates (subject to hydrolysis) is 2. The van der Waals surface area contributed by atoms with E-state index in [1.165, 1.54) is 36.4 Å². The zero-order valence-corrected chi connectivity index (χ0v) is 34.1. The minimum atomic E-state index is -1.23. The second-order valence-corrected chi connectivity index (χ2v) is 14.3. The van der Waals surface area contributed by atoms with Crippen molar-refractivity contribution in [3.63, 3.8) is 0 Å². The molecular formula is C39H54N4O16. The number of ether oxygens (including phenoxy) is 8. The van der Waals surface area contributed by atoms with Gasteiger partial charge < -0.3 is 48.1 Å². The molecule has 0 unspecified atom stereocenters. The number of esters is 1. The molecule has 0 aliphatic rings. The highest BCUT2D eigenvalue weighted by molar-refractivity contribution is 6.02. The molecule has 0 heterocycles. The van der Waals surface area contributed by atoms with Crippen molar-refractivity contribution in [2.45, 2.75) is 65.8 Å². The molecule has 0 fully saturated rings. The maximum absolute atomic E-state index is 12.9. The summed E-state index contributed by atoms with van der Waals surface area (Å²) in [5, 5.41) is 22.6. The molecule has 4 N–H and O–H groups in total. The van der Waals surface area contributed by atoms with E-state index in [0.29, 0.717) is 25.4 Å². The number of aliphatic imine (C=N–C) groups is 1. The van der Waals surface area contributed by atoms with Crippen LogP contribution in [0.15, 0.2) is 53.5 Å². The molecule has 20 heteroatoms. The summed E-state index contributed by atoms with van der Waals surface area (Å²) in [6.45, 7) is 10.9. The molecule has 2 rings (SSSR count). The van der Waals surface area contributed by atoms with Crippen molar-refractivity contribution in [1.29, 1.82) is 0 Å². The number of carboxylic acids is 2. The molecule has 0 saturated carbocycles. The van der Waals surface area contributed by atoms with Crippen LogP contribution in [-0.4, -0.2) is 134 Å². The van der Waals surface area contributed by atoms with E-state index in [2.05, 4.69) is 15.6 Å². The van der Waals surface area contributed by atoms with Gasteiger partial charge >= 0.3 is 36.2 Å². The van der Waals surface area contributed by atoms with Crippen LogP contribution in [0.4, 0.5) is 20.1 Å². The van der Waals surface area contributed by atoms with Crippen LogP contribution in [-0.2, 0) is 49.4 Å². The number of nitrogens with zero attached hydrogens (tertiary/aromatic N) is 2. The molecule has 0 spiro atoms. The lowest BCUT2D eigenvalue weighted by Gasteiger charge is -2.22. The van der Waals surface area contributed by atoms with Gasteiger partial charge in [0, 0.05) is 6.54 Å². The van der Waals surface area contributed by atoms with Crippen molar-refractivity contribution in [3.05, 3.63) is 59.7 Å². The van der Waals surface area contributed by atoms with E-state index in [-0.39, 0.29) is 75.6 Å². The lowest BCUT2D eigenvalue weighted by Crippen LogP contribution is -2.47. The van der Waals surface area contributed by atoms with Crippen molar-refractivity contribution in [3.8, 4) is 5.75 Å². The fourth-order valence-electron chi connectivity index (χ4n) is 4.24. The number of rotatable bonds is 22. The molecule has 59 heavy (non-hydrogen) atoms. The second kappa shape index (κ2) is 25.5. The monoisotopic (exact) mass is 834 g/mol. The first kappa shape index (κ1) is 49.3. The molecule has 2 aromatic carbocycles. The number of carboxylic acid groups (broad SMARTS) is 2. The van der Waals surface area contributed by atoms with E-state index in [4.69, 9.17) is 43.0 Å². The van der Waals surface area contributed by atoms with Gasteiger partial charge in [-0.1, -0.05) is 12.1 Å². The van der Waals surface area contributed by atoms with Crippen molar-refractivity contribution in [2.75, 3.05) is 65.9 Å². The third-order valence-corrected chi connectivity index (χ3v) is 6.74. The topological polar surface area (TPSA) is 256 Å². The van der Waals surface area contributed by atoms with Crippen molar-refractivity contribution >= 4 is 47.8 Å². The number of nitrogens with one attached hydrogen (secondary N) is 2. The molecular weight excluding hydrogens is 780 g/mol. The Morgan fingerprint density at radius 2 is 1.14 bits per heavy atom. The molecule has 0 aliphatic carbocycles. The van der Waals surface area contributed by atoms with Gasteiger partial charge in [-0.2, -0.15) is 0 Å². The molecule has 0 aromatic heterocycles. The van der Waals surface area contributed by atoms with Gasteiger partial charge in [-0.25, -0.2) is 24.2 Å². The molecule has 20 nitrogen and oxygen atoms in total. The highest BCUT2D eigenvalue weighted by Crippen LogP contribution is 2.18. The summed E-state index contributed by atoms with van der Waals surface area (Å²) in [4.78, 5) is 77.3. The van der Waals surface area contributed by atoms with E-state index in [0.717, 1.165) is 4.90 Å². The minimum Gasteiger partial charge on any atom is -0.481 e. The SMILES string of the molecule is CC(C)(C)OC(=O)NC(=Nc1ccc(C(=O)Oc2ccc(COC(=O)N(CCOCCOCCOCCOCCC(=O)O)CC(=O)O)cc2)cc1)NC(=O)OC(C)(C)C. The number of aliphatic carboxylic acids is 2. The van der Waals surface area contributed by atoms with Crippen LogP contribution >= 0.6 is 0 Å². The summed E-state index contributed by atoms with van der Waals surface area (Å²) in [6.07, 6.45) is -2.67. The molecule has 0 radical (unpaired) electrons. The highest BCUT2D eigenvalue weighted by atomic mass is 16.6. The minimum absolute atomic E-state index is 0.0313. The lowest BCUT2D eigenvalue weighted by molar-refractivity contribution is -0.139. The Balaban J connectivity index is 1.83. The van der Waals surface area contributed by atoms with Gasteiger partial charge in [0.2, 0.25) is 5.96 Å². The average Bonchev–Trinajstić information content (AvgIpc) is 3.12. The Kier molecular flexibility index (Phi) is 21.3. The van der Waals surface area contributed by atoms with Gasteiger partial charge in [-0.15, -0.1) is 0 Å². The fourth-order valence-corrected chi connectivity index (χ4v) is 4.24. The summed E-state index contributed by atoms with van der Waals surface area (Å²) in [5.74, 6) is -2.94.